The Morgan fingerprint density at radius 1 is 0.548 bits per heavy atom. The molecule has 1 N–H and O–H groups in total. The third-order valence-electron chi connectivity index (χ3n) is 5.49. The van der Waals surface area contributed by atoms with Crippen LogP contribution >= 0.6 is 0 Å². The maximum Gasteiger partial charge on any atom is 0.119 e. The van der Waals surface area contributed by atoms with Crippen LogP contribution in [-0.4, -0.2) is 4.98 Å². The van der Waals surface area contributed by atoms with E-state index in [9.17, 15) is 0 Å². The number of hydrogen-bond acceptors (Lipinski definition) is 2. The van der Waals surface area contributed by atoms with Crippen molar-refractivity contribution in [2.75, 3.05) is 0 Å². The van der Waals surface area contributed by atoms with E-state index in [-0.39, 0.29) is 0 Å². The maximum atomic E-state index is 4.63. The first-order chi connectivity index (χ1) is 15.4. The van der Waals surface area contributed by atoms with Gasteiger partial charge in [0.15, 0.2) is 0 Å². The van der Waals surface area contributed by atoms with Gasteiger partial charge in [0.1, 0.15) is 5.69 Å². The number of nitrogens with one attached hydrogen (secondary N) is 1. The van der Waals surface area contributed by atoms with E-state index in [0.29, 0.717) is 0 Å². The van der Waals surface area contributed by atoms with E-state index in [1.165, 1.54) is 11.1 Å². The Labute approximate surface area is 182 Å². The smallest absolute Gasteiger partial charge is 0.119 e. The standard InChI is InChI=1S/C28H23N3/c1-3-9-21(10-4-1)15-16-22-17-19-23(20-18-22)27-28(25-13-7-8-14-26(25)29-27)31-30-24-11-5-2-6-12-24/h1-14,17-20,29H,15-16H2. The molecule has 3 heteroatoms. The van der Waals surface area contributed by atoms with E-state index in [1.54, 1.807) is 0 Å². The van der Waals surface area contributed by atoms with Crippen LogP contribution in [0.25, 0.3) is 22.2 Å². The second-order valence-electron chi connectivity index (χ2n) is 7.61. The number of nitrogens with zero attached hydrogens (tertiary/aromatic N) is 2. The largest absolute Gasteiger partial charge is 0.353 e. The van der Waals surface area contributed by atoms with Crippen molar-refractivity contribution in [1.82, 2.24) is 4.98 Å². The Balaban J connectivity index is 1.44. The first-order valence-corrected chi connectivity index (χ1v) is 10.6. The van der Waals surface area contributed by atoms with Crippen molar-refractivity contribution in [2.24, 2.45) is 10.2 Å². The first kappa shape index (κ1) is 19.0. The molecule has 0 radical (unpaired) electrons. The molecule has 5 rings (SSSR count). The molecular weight excluding hydrogens is 378 g/mol. The molecule has 0 unspecified atom stereocenters. The van der Waals surface area contributed by atoms with E-state index < -0.39 is 0 Å². The average molecular weight is 402 g/mol. The van der Waals surface area contributed by atoms with Gasteiger partial charge in [-0.1, -0.05) is 91.0 Å². The summed E-state index contributed by atoms with van der Waals surface area (Å²) in [4.78, 5) is 3.54. The van der Waals surface area contributed by atoms with Gasteiger partial charge in [-0.05, 0) is 42.2 Å². The number of rotatable bonds is 6. The Bertz CT molecular complexity index is 1300. The number of aromatic nitrogens is 1. The zero-order valence-corrected chi connectivity index (χ0v) is 17.2. The topological polar surface area (TPSA) is 40.5 Å². The molecule has 1 heterocycles. The van der Waals surface area contributed by atoms with E-state index in [2.05, 4.69) is 81.9 Å². The molecule has 0 fully saturated rings. The van der Waals surface area contributed by atoms with Gasteiger partial charge in [0.25, 0.3) is 0 Å². The van der Waals surface area contributed by atoms with Crippen LogP contribution in [0.1, 0.15) is 11.1 Å². The van der Waals surface area contributed by atoms with Crippen LogP contribution in [0, 0.1) is 0 Å². The predicted octanol–water partition coefficient (Wildman–Crippen LogP) is 8.04. The minimum Gasteiger partial charge on any atom is -0.353 e. The molecule has 0 amide bonds. The van der Waals surface area contributed by atoms with E-state index >= 15 is 0 Å². The van der Waals surface area contributed by atoms with Crippen molar-refractivity contribution in [3.05, 3.63) is 120 Å². The molecule has 0 saturated heterocycles. The first-order valence-electron chi connectivity index (χ1n) is 10.6. The molecule has 0 atom stereocenters. The fourth-order valence-corrected chi connectivity index (χ4v) is 3.81. The summed E-state index contributed by atoms with van der Waals surface area (Å²) >= 11 is 0. The summed E-state index contributed by atoms with van der Waals surface area (Å²) in [5.41, 5.74) is 7.58. The number of aromatic amines is 1. The number of fused-ring (bicyclic) bond motifs is 1. The fraction of sp³-hybridized carbons (Fsp3) is 0.0714. The van der Waals surface area contributed by atoms with Crippen LogP contribution in [0.5, 0.6) is 0 Å². The van der Waals surface area contributed by atoms with Gasteiger partial charge in [0.2, 0.25) is 0 Å². The minimum atomic E-state index is 0.843. The molecule has 0 spiro atoms. The Kier molecular flexibility index (Phi) is 5.40. The normalized spacial score (nSPS) is 11.4. The third-order valence-corrected chi connectivity index (χ3v) is 5.49. The van der Waals surface area contributed by atoms with Crippen molar-refractivity contribution >= 4 is 22.3 Å². The Morgan fingerprint density at radius 2 is 1.16 bits per heavy atom. The molecule has 31 heavy (non-hydrogen) atoms. The maximum absolute atomic E-state index is 4.63. The average Bonchev–Trinajstić information content (AvgIpc) is 3.22. The SMILES string of the molecule is c1ccc(CCc2ccc(-c3[nH]c4ccccc4c3N=Nc3ccccc3)cc2)cc1. The van der Waals surface area contributed by atoms with Crippen LogP contribution in [-0.2, 0) is 12.8 Å². The monoisotopic (exact) mass is 401 g/mol. The van der Waals surface area contributed by atoms with Crippen LogP contribution in [0.3, 0.4) is 0 Å². The van der Waals surface area contributed by atoms with Crippen molar-refractivity contribution in [2.45, 2.75) is 12.8 Å². The van der Waals surface area contributed by atoms with Crippen LogP contribution in [0.2, 0.25) is 0 Å². The molecule has 0 aliphatic carbocycles. The van der Waals surface area contributed by atoms with Gasteiger partial charge in [0, 0.05) is 16.5 Å². The lowest BCUT2D eigenvalue weighted by atomic mass is 10.0. The molecule has 1 aromatic heterocycles. The lowest BCUT2D eigenvalue weighted by Gasteiger charge is -2.05. The number of H-pyrrole nitrogens is 1. The number of aryl methyl sites for hydroxylation is 2. The predicted molar refractivity (Wildman–Crippen MR) is 128 cm³/mol. The van der Waals surface area contributed by atoms with Crippen LogP contribution in [0.4, 0.5) is 11.4 Å². The Morgan fingerprint density at radius 3 is 1.90 bits per heavy atom. The molecular formula is C28H23N3. The summed E-state index contributed by atoms with van der Waals surface area (Å²) in [7, 11) is 0. The van der Waals surface area contributed by atoms with Gasteiger partial charge in [0.05, 0.1) is 11.4 Å². The van der Waals surface area contributed by atoms with E-state index in [0.717, 1.165) is 46.4 Å². The third kappa shape index (κ3) is 4.31. The quantitative estimate of drug-likeness (QED) is 0.280. The molecule has 4 aromatic carbocycles. The van der Waals surface area contributed by atoms with Crippen molar-refractivity contribution in [3.63, 3.8) is 0 Å². The lowest BCUT2D eigenvalue weighted by molar-refractivity contribution is 0.960. The van der Waals surface area contributed by atoms with Crippen molar-refractivity contribution in [3.8, 4) is 11.3 Å². The summed E-state index contributed by atoms with van der Waals surface area (Å²) < 4.78 is 0. The molecule has 0 saturated carbocycles. The molecule has 0 bridgehead atoms. The summed E-state index contributed by atoms with van der Waals surface area (Å²) in [6.07, 6.45) is 2.07. The molecule has 150 valence electrons. The van der Waals surface area contributed by atoms with Gasteiger partial charge in [-0.3, -0.25) is 0 Å². The van der Waals surface area contributed by atoms with E-state index in [4.69, 9.17) is 0 Å². The molecule has 0 aliphatic rings. The highest BCUT2D eigenvalue weighted by atomic mass is 15.1. The number of azo groups is 1. The van der Waals surface area contributed by atoms with E-state index in [1.807, 2.05) is 42.5 Å². The zero-order chi connectivity index (χ0) is 20.9. The van der Waals surface area contributed by atoms with Crippen LogP contribution < -0.4 is 0 Å². The molecule has 3 nitrogen and oxygen atoms in total. The summed E-state index contributed by atoms with van der Waals surface area (Å²) in [6.45, 7) is 0. The lowest BCUT2D eigenvalue weighted by Crippen LogP contribution is -1.91. The van der Waals surface area contributed by atoms with Crippen molar-refractivity contribution < 1.29 is 0 Å². The number of benzene rings is 4. The van der Waals surface area contributed by atoms with Gasteiger partial charge >= 0.3 is 0 Å². The fourth-order valence-electron chi connectivity index (χ4n) is 3.81. The van der Waals surface area contributed by atoms with Gasteiger partial charge in [-0.2, -0.15) is 5.11 Å². The number of hydrogen-bond donors (Lipinski definition) is 1. The number of para-hydroxylation sites is 1. The highest BCUT2D eigenvalue weighted by molar-refractivity contribution is 5.99. The van der Waals surface area contributed by atoms with Gasteiger partial charge in [-0.15, -0.1) is 5.11 Å². The summed E-state index contributed by atoms with van der Waals surface area (Å²) in [5.74, 6) is 0. The zero-order valence-electron chi connectivity index (χ0n) is 17.2. The Hall–Kier alpha value is -3.98. The minimum absolute atomic E-state index is 0.843. The second-order valence-corrected chi connectivity index (χ2v) is 7.61. The summed E-state index contributed by atoms with van der Waals surface area (Å²) in [6, 6.07) is 37.5. The molecule has 5 aromatic rings. The second kappa shape index (κ2) is 8.80. The van der Waals surface area contributed by atoms with Gasteiger partial charge < -0.3 is 4.98 Å². The molecule has 0 aliphatic heterocycles. The van der Waals surface area contributed by atoms with Crippen molar-refractivity contribution in [1.29, 1.82) is 0 Å². The highest BCUT2D eigenvalue weighted by Crippen LogP contribution is 2.38. The van der Waals surface area contributed by atoms with Gasteiger partial charge in [-0.25, -0.2) is 0 Å². The summed E-state index contributed by atoms with van der Waals surface area (Å²) in [5, 5.41) is 10.2. The highest BCUT2D eigenvalue weighted by Gasteiger charge is 2.13. The van der Waals surface area contributed by atoms with Crippen LogP contribution in [0.15, 0.2) is 119 Å².